The fourth-order valence-electron chi connectivity index (χ4n) is 3.84. The van der Waals surface area contributed by atoms with Crippen molar-refractivity contribution in [3.05, 3.63) is 65.4 Å². The van der Waals surface area contributed by atoms with E-state index in [4.69, 9.17) is 0 Å². The number of amides is 1. The van der Waals surface area contributed by atoms with Gasteiger partial charge in [-0.15, -0.1) is 10.2 Å². The molecule has 4 aromatic rings. The molecule has 3 heterocycles. The molecule has 5 rings (SSSR count). The Morgan fingerprint density at radius 3 is 2.72 bits per heavy atom. The van der Waals surface area contributed by atoms with E-state index in [-0.39, 0.29) is 5.91 Å². The van der Waals surface area contributed by atoms with E-state index in [0.717, 1.165) is 21.9 Å². The van der Waals surface area contributed by atoms with Gasteiger partial charge in [0.05, 0.1) is 5.69 Å². The number of nitrogens with zero attached hydrogens (tertiary/aromatic N) is 4. The van der Waals surface area contributed by atoms with Crippen LogP contribution in [-0.4, -0.2) is 25.5 Å². The molecule has 146 valence electrons. The van der Waals surface area contributed by atoms with Crippen LogP contribution in [-0.2, 0) is 0 Å². The van der Waals surface area contributed by atoms with E-state index in [1.165, 1.54) is 43.4 Å². The van der Waals surface area contributed by atoms with E-state index in [1.807, 2.05) is 47.1 Å². The van der Waals surface area contributed by atoms with Crippen LogP contribution in [0.2, 0.25) is 0 Å². The van der Waals surface area contributed by atoms with Gasteiger partial charge >= 0.3 is 0 Å². The standard InChI is InChI=1S/C22H21N5OS/c28-20(24-22-26-25-21(29-22)16-9-5-2-6-10-16)17-11-12-27-14-18(23-19(27)13-17)15-7-3-1-4-8-15/h1,3-4,7-8,11-14,16H,2,5-6,9-10H2,(H,24,26,28). The second-order valence-electron chi connectivity index (χ2n) is 7.41. The molecule has 0 unspecified atom stereocenters. The quantitative estimate of drug-likeness (QED) is 0.511. The van der Waals surface area contributed by atoms with Crippen molar-refractivity contribution in [2.45, 2.75) is 38.0 Å². The number of nitrogens with one attached hydrogen (secondary N) is 1. The molecule has 6 nitrogen and oxygen atoms in total. The molecular weight excluding hydrogens is 382 g/mol. The maximum absolute atomic E-state index is 12.7. The van der Waals surface area contributed by atoms with Gasteiger partial charge in [-0.05, 0) is 25.0 Å². The third-order valence-corrected chi connectivity index (χ3v) is 6.41. The number of benzene rings is 1. The second-order valence-corrected chi connectivity index (χ2v) is 8.42. The van der Waals surface area contributed by atoms with Gasteiger partial charge < -0.3 is 4.40 Å². The lowest BCUT2D eigenvalue weighted by Crippen LogP contribution is -2.12. The summed E-state index contributed by atoms with van der Waals surface area (Å²) in [5.41, 5.74) is 3.21. The molecule has 0 bridgehead atoms. The molecule has 1 aliphatic carbocycles. The summed E-state index contributed by atoms with van der Waals surface area (Å²) in [6.45, 7) is 0. The molecule has 7 heteroatoms. The van der Waals surface area contributed by atoms with Gasteiger partial charge in [0.2, 0.25) is 5.13 Å². The van der Waals surface area contributed by atoms with Crippen molar-refractivity contribution in [1.82, 2.24) is 19.6 Å². The Balaban J connectivity index is 1.34. The third kappa shape index (κ3) is 3.78. The first-order valence-electron chi connectivity index (χ1n) is 9.95. The first-order valence-corrected chi connectivity index (χ1v) is 10.8. The van der Waals surface area contributed by atoms with E-state index >= 15 is 0 Å². The molecule has 1 amide bonds. The fourth-order valence-corrected chi connectivity index (χ4v) is 4.75. The van der Waals surface area contributed by atoms with E-state index in [9.17, 15) is 4.79 Å². The summed E-state index contributed by atoms with van der Waals surface area (Å²) >= 11 is 1.49. The average Bonchev–Trinajstić information content (AvgIpc) is 3.41. The van der Waals surface area contributed by atoms with E-state index < -0.39 is 0 Å². The Kier molecular flexibility index (Phi) is 4.81. The molecule has 0 atom stereocenters. The van der Waals surface area contributed by atoms with Gasteiger partial charge in [0.1, 0.15) is 10.7 Å². The molecule has 1 aromatic carbocycles. The number of hydrogen-bond acceptors (Lipinski definition) is 5. The van der Waals surface area contributed by atoms with E-state index in [1.54, 1.807) is 12.1 Å². The number of pyridine rings is 1. The number of hydrogen-bond donors (Lipinski definition) is 1. The minimum Gasteiger partial charge on any atom is -0.306 e. The van der Waals surface area contributed by atoms with Crippen LogP contribution >= 0.6 is 11.3 Å². The molecule has 0 spiro atoms. The SMILES string of the molecule is O=C(Nc1nnc(C2CCCCC2)s1)c1ccn2cc(-c3ccccc3)nc2c1. The zero-order valence-corrected chi connectivity index (χ0v) is 16.7. The van der Waals surface area contributed by atoms with Crippen LogP contribution in [0.25, 0.3) is 16.9 Å². The van der Waals surface area contributed by atoms with Crippen molar-refractivity contribution in [3.63, 3.8) is 0 Å². The topological polar surface area (TPSA) is 72.2 Å². The number of carbonyl (C=O) groups is 1. The van der Waals surface area contributed by atoms with E-state index in [0.29, 0.717) is 16.6 Å². The number of carbonyl (C=O) groups excluding carboxylic acids is 1. The van der Waals surface area contributed by atoms with Crippen molar-refractivity contribution >= 4 is 28.0 Å². The van der Waals surface area contributed by atoms with Crippen molar-refractivity contribution < 1.29 is 4.79 Å². The van der Waals surface area contributed by atoms with Gasteiger partial charge in [0.25, 0.3) is 5.91 Å². The number of aromatic nitrogens is 4. The monoisotopic (exact) mass is 403 g/mol. The molecule has 0 radical (unpaired) electrons. The van der Waals surface area contributed by atoms with Gasteiger partial charge in [0, 0.05) is 29.4 Å². The van der Waals surface area contributed by atoms with Crippen molar-refractivity contribution in [1.29, 1.82) is 0 Å². The van der Waals surface area contributed by atoms with Gasteiger partial charge in [-0.2, -0.15) is 0 Å². The number of fused-ring (bicyclic) bond motifs is 1. The smallest absolute Gasteiger partial charge is 0.257 e. The molecular formula is C22H21N5OS. The zero-order chi connectivity index (χ0) is 19.6. The van der Waals surface area contributed by atoms with Crippen molar-refractivity contribution in [2.75, 3.05) is 5.32 Å². The summed E-state index contributed by atoms with van der Waals surface area (Å²) in [4.78, 5) is 17.4. The highest BCUT2D eigenvalue weighted by Crippen LogP contribution is 2.35. The van der Waals surface area contributed by atoms with Gasteiger partial charge in [0.15, 0.2) is 0 Å². The number of rotatable bonds is 4. The van der Waals surface area contributed by atoms with Crippen LogP contribution < -0.4 is 5.32 Å². The van der Waals surface area contributed by atoms with Crippen LogP contribution in [0.5, 0.6) is 0 Å². The van der Waals surface area contributed by atoms with E-state index in [2.05, 4.69) is 20.5 Å². The average molecular weight is 404 g/mol. The predicted octanol–water partition coefficient (Wildman–Crippen LogP) is 5.15. The lowest BCUT2D eigenvalue weighted by atomic mass is 9.90. The Labute approximate surface area is 172 Å². The maximum Gasteiger partial charge on any atom is 0.257 e. The Bertz CT molecular complexity index is 1140. The highest BCUT2D eigenvalue weighted by Gasteiger charge is 2.20. The number of imidazole rings is 1. The lowest BCUT2D eigenvalue weighted by Gasteiger charge is -2.18. The normalized spacial score (nSPS) is 14.9. The molecule has 29 heavy (non-hydrogen) atoms. The minimum absolute atomic E-state index is 0.192. The van der Waals surface area contributed by atoms with Crippen LogP contribution in [0.15, 0.2) is 54.9 Å². The van der Waals surface area contributed by atoms with Gasteiger partial charge in [-0.3, -0.25) is 10.1 Å². The van der Waals surface area contributed by atoms with Crippen molar-refractivity contribution in [2.24, 2.45) is 0 Å². The van der Waals surface area contributed by atoms with Gasteiger partial charge in [-0.25, -0.2) is 4.98 Å². The summed E-state index contributed by atoms with van der Waals surface area (Å²) in [5, 5.41) is 13.0. The van der Waals surface area contributed by atoms with Crippen LogP contribution in [0, 0.1) is 0 Å². The molecule has 1 fully saturated rings. The first kappa shape index (κ1) is 18.0. The molecule has 1 saturated carbocycles. The number of anilines is 1. The highest BCUT2D eigenvalue weighted by atomic mass is 32.1. The summed E-state index contributed by atoms with van der Waals surface area (Å²) in [5.74, 6) is 0.299. The summed E-state index contributed by atoms with van der Waals surface area (Å²) in [6.07, 6.45) is 9.97. The Hall–Kier alpha value is -3.06. The predicted molar refractivity (Wildman–Crippen MR) is 114 cm³/mol. The maximum atomic E-state index is 12.7. The Morgan fingerprint density at radius 2 is 1.90 bits per heavy atom. The minimum atomic E-state index is -0.192. The highest BCUT2D eigenvalue weighted by molar-refractivity contribution is 7.15. The lowest BCUT2D eigenvalue weighted by molar-refractivity contribution is 0.102. The van der Waals surface area contributed by atoms with Crippen LogP contribution in [0.3, 0.4) is 0 Å². The second kappa shape index (κ2) is 7.75. The molecule has 1 aliphatic rings. The first-order chi connectivity index (χ1) is 14.3. The summed E-state index contributed by atoms with van der Waals surface area (Å²) in [6, 6.07) is 13.6. The Morgan fingerprint density at radius 1 is 1.07 bits per heavy atom. The summed E-state index contributed by atoms with van der Waals surface area (Å²) in [7, 11) is 0. The molecule has 0 saturated heterocycles. The molecule has 1 N–H and O–H groups in total. The molecule has 0 aliphatic heterocycles. The van der Waals surface area contributed by atoms with Gasteiger partial charge in [-0.1, -0.05) is 60.9 Å². The zero-order valence-electron chi connectivity index (χ0n) is 15.9. The fraction of sp³-hybridized carbons (Fsp3) is 0.273. The molecule has 3 aromatic heterocycles. The van der Waals surface area contributed by atoms with Crippen molar-refractivity contribution in [3.8, 4) is 11.3 Å². The van der Waals surface area contributed by atoms with Crippen LogP contribution in [0.1, 0.15) is 53.4 Å². The largest absolute Gasteiger partial charge is 0.306 e. The third-order valence-electron chi connectivity index (χ3n) is 5.41. The van der Waals surface area contributed by atoms with Crippen LogP contribution in [0.4, 0.5) is 5.13 Å². The summed E-state index contributed by atoms with van der Waals surface area (Å²) < 4.78 is 1.92.